The van der Waals surface area contributed by atoms with E-state index in [0.717, 1.165) is 6.42 Å². The van der Waals surface area contributed by atoms with Gasteiger partial charge in [-0.1, -0.05) is 20.8 Å². The van der Waals surface area contributed by atoms with Crippen LogP contribution in [0.5, 0.6) is 0 Å². The van der Waals surface area contributed by atoms with Gasteiger partial charge in [0.15, 0.2) is 0 Å². The van der Waals surface area contributed by atoms with Crippen molar-refractivity contribution in [1.29, 1.82) is 0 Å². The summed E-state index contributed by atoms with van der Waals surface area (Å²) >= 11 is 0. The SMILES string of the molecule is CC(C)(C)[Si](C)(C)OC1=CCCC1. The topological polar surface area (TPSA) is 9.23 Å². The van der Waals surface area contributed by atoms with E-state index in [1.165, 1.54) is 18.6 Å². The summed E-state index contributed by atoms with van der Waals surface area (Å²) in [5.41, 5.74) is 0. The van der Waals surface area contributed by atoms with Crippen molar-refractivity contribution in [2.75, 3.05) is 0 Å². The fourth-order valence-electron chi connectivity index (χ4n) is 1.21. The molecule has 0 atom stereocenters. The summed E-state index contributed by atoms with van der Waals surface area (Å²) < 4.78 is 6.16. The zero-order valence-corrected chi connectivity index (χ0v) is 10.6. The second-order valence-corrected chi connectivity index (χ2v) is 10.1. The molecule has 76 valence electrons. The zero-order chi connectivity index (χ0) is 10.1. The maximum absolute atomic E-state index is 6.16. The third-order valence-electron chi connectivity index (χ3n) is 3.19. The van der Waals surface area contributed by atoms with E-state index in [2.05, 4.69) is 39.9 Å². The third kappa shape index (κ3) is 2.60. The normalized spacial score (nSPS) is 18.7. The van der Waals surface area contributed by atoms with Crippen LogP contribution in [-0.4, -0.2) is 8.32 Å². The Morgan fingerprint density at radius 3 is 2.31 bits per heavy atom. The molecule has 0 aromatic heterocycles. The second-order valence-electron chi connectivity index (χ2n) is 5.43. The number of hydrogen-bond donors (Lipinski definition) is 0. The molecule has 0 amide bonds. The molecule has 0 aliphatic heterocycles. The molecule has 1 nitrogen and oxygen atoms in total. The second kappa shape index (κ2) is 3.49. The third-order valence-corrected chi connectivity index (χ3v) is 7.58. The highest BCUT2D eigenvalue weighted by Gasteiger charge is 2.39. The molecule has 0 N–H and O–H groups in total. The van der Waals surface area contributed by atoms with Crippen LogP contribution in [-0.2, 0) is 4.43 Å². The van der Waals surface area contributed by atoms with Crippen molar-refractivity contribution in [2.45, 2.75) is 58.2 Å². The summed E-state index contributed by atoms with van der Waals surface area (Å²) in [6.07, 6.45) is 5.92. The first kappa shape index (κ1) is 10.8. The highest BCUT2D eigenvalue weighted by Crippen LogP contribution is 2.39. The Morgan fingerprint density at radius 2 is 1.92 bits per heavy atom. The van der Waals surface area contributed by atoms with Gasteiger partial charge in [0, 0.05) is 6.42 Å². The summed E-state index contributed by atoms with van der Waals surface area (Å²) in [6.45, 7) is 11.5. The fraction of sp³-hybridized carbons (Fsp3) is 0.818. The lowest BCUT2D eigenvalue weighted by Gasteiger charge is -2.36. The van der Waals surface area contributed by atoms with Crippen LogP contribution in [0, 0.1) is 0 Å². The van der Waals surface area contributed by atoms with Crippen molar-refractivity contribution in [3.63, 3.8) is 0 Å². The zero-order valence-electron chi connectivity index (χ0n) is 9.61. The molecular formula is C11H22OSi. The maximum Gasteiger partial charge on any atom is 0.250 e. The van der Waals surface area contributed by atoms with Crippen molar-refractivity contribution in [2.24, 2.45) is 0 Å². The van der Waals surface area contributed by atoms with Gasteiger partial charge in [-0.25, -0.2) is 0 Å². The molecule has 0 heterocycles. The molecule has 1 rings (SSSR count). The van der Waals surface area contributed by atoms with Gasteiger partial charge in [0.2, 0.25) is 8.32 Å². The molecule has 0 unspecified atom stereocenters. The molecule has 0 fully saturated rings. The molecule has 0 saturated heterocycles. The van der Waals surface area contributed by atoms with Gasteiger partial charge in [-0.3, -0.25) is 0 Å². The van der Waals surface area contributed by atoms with E-state index in [9.17, 15) is 0 Å². The van der Waals surface area contributed by atoms with Gasteiger partial charge in [-0.2, -0.15) is 0 Å². The van der Waals surface area contributed by atoms with Crippen LogP contribution in [0.3, 0.4) is 0 Å². The lowest BCUT2D eigenvalue weighted by atomic mass is 10.2. The van der Waals surface area contributed by atoms with Gasteiger partial charge >= 0.3 is 0 Å². The van der Waals surface area contributed by atoms with Crippen LogP contribution < -0.4 is 0 Å². The van der Waals surface area contributed by atoms with E-state index >= 15 is 0 Å². The highest BCUT2D eigenvalue weighted by molar-refractivity contribution is 6.74. The monoisotopic (exact) mass is 198 g/mol. The quantitative estimate of drug-likeness (QED) is 0.608. The summed E-state index contributed by atoms with van der Waals surface area (Å²) in [5.74, 6) is 1.26. The standard InChI is InChI=1S/C11H22OSi/c1-11(2,3)13(4,5)12-10-8-6-7-9-10/h8H,6-7,9H2,1-5H3. The van der Waals surface area contributed by atoms with Gasteiger partial charge < -0.3 is 4.43 Å². The van der Waals surface area contributed by atoms with Gasteiger partial charge in [0.1, 0.15) is 0 Å². The molecule has 0 spiro atoms. The molecule has 13 heavy (non-hydrogen) atoms. The van der Waals surface area contributed by atoms with Gasteiger partial charge in [0.25, 0.3) is 0 Å². The minimum Gasteiger partial charge on any atom is -0.547 e. The Morgan fingerprint density at radius 1 is 1.31 bits per heavy atom. The molecular weight excluding hydrogens is 176 g/mol. The van der Waals surface area contributed by atoms with Crippen molar-refractivity contribution in [1.82, 2.24) is 0 Å². The Kier molecular flexibility index (Phi) is 2.90. The summed E-state index contributed by atoms with van der Waals surface area (Å²) in [5, 5.41) is 0.330. The molecule has 0 saturated carbocycles. The molecule has 0 aromatic carbocycles. The average molecular weight is 198 g/mol. The summed E-state index contributed by atoms with van der Waals surface area (Å²) in [7, 11) is -1.54. The molecule has 1 aliphatic rings. The van der Waals surface area contributed by atoms with Crippen LogP contribution in [0.15, 0.2) is 11.8 Å². The lowest BCUT2D eigenvalue weighted by Crippen LogP contribution is -2.40. The maximum atomic E-state index is 6.16. The minimum absolute atomic E-state index is 0.330. The summed E-state index contributed by atoms with van der Waals surface area (Å²) in [6, 6.07) is 0. The number of rotatable bonds is 2. The van der Waals surface area contributed by atoms with E-state index < -0.39 is 8.32 Å². The van der Waals surface area contributed by atoms with Crippen LogP contribution in [0.1, 0.15) is 40.0 Å². The lowest BCUT2D eigenvalue weighted by molar-refractivity contribution is 0.373. The van der Waals surface area contributed by atoms with E-state index in [4.69, 9.17) is 4.43 Å². The van der Waals surface area contributed by atoms with E-state index in [1.54, 1.807) is 0 Å². The molecule has 0 aromatic rings. The van der Waals surface area contributed by atoms with E-state index in [1.807, 2.05) is 0 Å². The van der Waals surface area contributed by atoms with Gasteiger partial charge in [-0.05, 0) is 37.0 Å². The van der Waals surface area contributed by atoms with Crippen molar-refractivity contribution in [3.8, 4) is 0 Å². The largest absolute Gasteiger partial charge is 0.547 e. The Bertz CT molecular complexity index is 211. The fourth-order valence-corrected chi connectivity index (χ4v) is 2.36. The molecule has 0 bridgehead atoms. The van der Waals surface area contributed by atoms with Crippen LogP contribution in [0.2, 0.25) is 18.1 Å². The number of hydrogen-bond acceptors (Lipinski definition) is 1. The van der Waals surface area contributed by atoms with Gasteiger partial charge in [0.05, 0.1) is 5.76 Å². The van der Waals surface area contributed by atoms with Crippen LogP contribution >= 0.6 is 0 Å². The van der Waals surface area contributed by atoms with Crippen LogP contribution in [0.4, 0.5) is 0 Å². The smallest absolute Gasteiger partial charge is 0.250 e. The Labute approximate surface area is 83.3 Å². The van der Waals surface area contributed by atoms with Gasteiger partial charge in [-0.15, -0.1) is 0 Å². The average Bonchev–Trinajstić information content (AvgIpc) is 2.35. The first-order valence-corrected chi connectivity index (χ1v) is 8.12. The first-order chi connectivity index (χ1) is 5.83. The highest BCUT2D eigenvalue weighted by atomic mass is 28.4. The van der Waals surface area contributed by atoms with Crippen LogP contribution in [0.25, 0.3) is 0 Å². The van der Waals surface area contributed by atoms with Crippen molar-refractivity contribution >= 4 is 8.32 Å². The molecule has 1 aliphatic carbocycles. The minimum atomic E-state index is -1.54. The predicted octanol–water partition coefficient (Wildman–Crippen LogP) is 4.08. The molecule has 0 radical (unpaired) electrons. The Hall–Kier alpha value is -0.243. The first-order valence-electron chi connectivity index (χ1n) is 5.21. The van der Waals surface area contributed by atoms with E-state index in [-0.39, 0.29) is 0 Å². The number of allylic oxidation sites excluding steroid dienone is 2. The molecule has 2 heteroatoms. The van der Waals surface area contributed by atoms with Crippen molar-refractivity contribution < 1.29 is 4.43 Å². The van der Waals surface area contributed by atoms with E-state index in [0.29, 0.717) is 5.04 Å². The van der Waals surface area contributed by atoms with Crippen molar-refractivity contribution in [3.05, 3.63) is 11.8 Å². The summed E-state index contributed by atoms with van der Waals surface area (Å²) in [4.78, 5) is 0. The Balaban J connectivity index is 2.61. The predicted molar refractivity (Wildman–Crippen MR) is 60.2 cm³/mol.